The highest BCUT2D eigenvalue weighted by atomic mass is 32.1. The van der Waals surface area contributed by atoms with Crippen molar-refractivity contribution in [2.24, 2.45) is 12.8 Å². The van der Waals surface area contributed by atoms with E-state index in [0.29, 0.717) is 11.1 Å². The fourth-order valence-electron chi connectivity index (χ4n) is 1.90. The van der Waals surface area contributed by atoms with E-state index in [4.69, 9.17) is 10.5 Å². The van der Waals surface area contributed by atoms with Crippen molar-refractivity contribution in [3.05, 3.63) is 34.0 Å². The van der Waals surface area contributed by atoms with Gasteiger partial charge >= 0.3 is 5.97 Å². The lowest BCUT2D eigenvalue weighted by Gasteiger charge is -2.04. The molecule has 2 aromatic heterocycles. The van der Waals surface area contributed by atoms with Gasteiger partial charge in [0.05, 0.1) is 29.3 Å². The summed E-state index contributed by atoms with van der Waals surface area (Å²) in [6.45, 7) is 1.57. The average Bonchev–Trinajstić information content (AvgIpc) is 3.02. The van der Waals surface area contributed by atoms with Crippen molar-refractivity contribution in [3.63, 3.8) is 0 Å². The van der Waals surface area contributed by atoms with Gasteiger partial charge in [-0.2, -0.15) is 5.10 Å². The van der Waals surface area contributed by atoms with Crippen molar-refractivity contribution in [3.8, 4) is 0 Å². The molecule has 8 nitrogen and oxygen atoms in total. The number of carbonyl (C=O) groups is 3. The van der Waals surface area contributed by atoms with Crippen LogP contribution in [-0.2, 0) is 11.8 Å². The van der Waals surface area contributed by atoms with E-state index in [1.807, 2.05) is 0 Å². The second-order valence-electron chi connectivity index (χ2n) is 4.47. The van der Waals surface area contributed by atoms with Crippen molar-refractivity contribution >= 4 is 34.1 Å². The van der Waals surface area contributed by atoms with Crippen LogP contribution in [0.4, 0.5) is 5.00 Å². The van der Waals surface area contributed by atoms with Gasteiger partial charge in [-0.15, -0.1) is 11.3 Å². The Balaban J connectivity index is 2.41. The summed E-state index contributed by atoms with van der Waals surface area (Å²) >= 11 is 0.933. The Bertz CT molecular complexity index is 762. The molecule has 2 heterocycles. The molecule has 0 atom stereocenters. The first-order valence-electron chi connectivity index (χ1n) is 6.16. The standard InChI is InChI=1S/C13H14N4O4S/c1-6-8(13(20)21-3)12(22-9(6)10(14)18)16-11(19)7-4-15-17(2)5-7/h4-5H,1-3H3,(H2,14,18)(H,16,19). The number of ether oxygens (including phenoxy) is 1. The number of nitrogens with two attached hydrogens (primary N) is 1. The first-order chi connectivity index (χ1) is 10.3. The van der Waals surface area contributed by atoms with E-state index in [1.165, 1.54) is 24.2 Å². The number of amides is 2. The topological polar surface area (TPSA) is 116 Å². The number of rotatable bonds is 4. The molecule has 0 saturated heterocycles. The van der Waals surface area contributed by atoms with Gasteiger partial charge in [0, 0.05) is 13.2 Å². The minimum atomic E-state index is -0.672. The highest BCUT2D eigenvalue weighted by Crippen LogP contribution is 2.33. The van der Waals surface area contributed by atoms with Crippen molar-refractivity contribution < 1.29 is 19.1 Å². The molecule has 0 aliphatic carbocycles. The molecule has 2 amide bonds. The van der Waals surface area contributed by atoms with Crippen LogP contribution in [0.25, 0.3) is 0 Å². The largest absolute Gasteiger partial charge is 0.465 e. The highest BCUT2D eigenvalue weighted by Gasteiger charge is 2.25. The van der Waals surface area contributed by atoms with Gasteiger partial charge in [0.1, 0.15) is 5.00 Å². The maximum Gasteiger partial charge on any atom is 0.341 e. The lowest BCUT2D eigenvalue weighted by Crippen LogP contribution is -2.14. The second kappa shape index (κ2) is 5.98. The van der Waals surface area contributed by atoms with E-state index in [-0.39, 0.29) is 15.4 Å². The van der Waals surface area contributed by atoms with Crippen molar-refractivity contribution in [1.29, 1.82) is 0 Å². The monoisotopic (exact) mass is 322 g/mol. The van der Waals surface area contributed by atoms with Gasteiger partial charge in [-0.3, -0.25) is 14.3 Å². The number of hydrogen-bond acceptors (Lipinski definition) is 6. The zero-order valence-electron chi connectivity index (χ0n) is 12.2. The van der Waals surface area contributed by atoms with E-state index >= 15 is 0 Å². The first-order valence-corrected chi connectivity index (χ1v) is 6.98. The molecular weight excluding hydrogens is 308 g/mol. The number of carbonyl (C=O) groups excluding carboxylic acids is 3. The highest BCUT2D eigenvalue weighted by molar-refractivity contribution is 7.18. The van der Waals surface area contributed by atoms with E-state index in [0.717, 1.165) is 11.3 Å². The number of hydrogen-bond donors (Lipinski definition) is 2. The summed E-state index contributed by atoms with van der Waals surface area (Å²) in [6.07, 6.45) is 2.92. The van der Waals surface area contributed by atoms with Crippen LogP contribution in [0.15, 0.2) is 12.4 Å². The van der Waals surface area contributed by atoms with Gasteiger partial charge in [0.2, 0.25) is 0 Å². The van der Waals surface area contributed by atoms with Crippen LogP contribution >= 0.6 is 11.3 Å². The molecule has 0 aromatic carbocycles. The number of aromatic nitrogens is 2. The predicted molar refractivity (Wildman–Crippen MR) is 80.1 cm³/mol. The Morgan fingerprint density at radius 1 is 1.41 bits per heavy atom. The molecule has 0 spiro atoms. The van der Waals surface area contributed by atoms with Crippen LogP contribution in [0.5, 0.6) is 0 Å². The number of nitrogens with one attached hydrogen (secondary N) is 1. The molecule has 9 heteroatoms. The molecule has 22 heavy (non-hydrogen) atoms. The molecular formula is C13H14N4O4S. The minimum absolute atomic E-state index is 0.124. The minimum Gasteiger partial charge on any atom is -0.465 e. The zero-order valence-corrected chi connectivity index (χ0v) is 13.0. The molecule has 116 valence electrons. The van der Waals surface area contributed by atoms with Crippen LogP contribution in [0, 0.1) is 6.92 Å². The molecule has 3 N–H and O–H groups in total. The van der Waals surface area contributed by atoms with Gasteiger partial charge in [-0.25, -0.2) is 4.79 Å². The quantitative estimate of drug-likeness (QED) is 0.812. The number of esters is 1. The number of primary amides is 1. The summed E-state index contributed by atoms with van der Waals surface area (Å²) in [7, 11) is 2.90. The van der Waals surface area contributed by atoms with Crippen LogP contribution in [0.3, 0.4) is 0 Å². The van der Waals surface area contributed by atoms with Gasteiger partial charge in [-0.1, -0.05) is 0 Å². The first kappa shape index (κ1) is 15.7. The third-order valence-electron chi connectivity index (χ3n) is 2.95. The normalized spacial score (nSPS) is 10.3. The number of aryl methyl sites for hydroxylation is 1. The van der Waals surface area contributed by atoms with E-state index in [9.17, 15) is 14.4 Å². The third-order valence-corrected chi connectivity index (χ3v) is 4.18. The molecule has 0 aliphatic rings. The summed E-state index contributed by atoms with van der Waals surface area (Å²) < 4.78 is 6.17. The average molecular weight is 322 g/mol. The second-order valence-corrected chi connectivity index (χ2v) is 5.49. The molecule has 0 unspecified atom stereocenters. The summed E-state index contributed by atoms with van der Waals surface area (Å²) in [5.74, 6) is -1.77. The molecule has 0 fully saturated rings. The Kier molecular flexibility index (Phi) is 4.27. The Morgan fingerprint density at radius 3 is 2.59 bits per heavy atom. The van der Waals surface area contributed by atoms with E-state index < -0.39 is 17.8 Å². The summed E-state index contributed by atoms with van der Waals surface area (Å²) in [5, 5.41) is 6.70. The third kappa shape index (κ3) is 2.84. The van der Waals surface area contributed by atoms with Gasteiger partial charge < -0.3 is 15.8 Å². The maximum absolute atomic E-state index is 12.2. The van der Waals surface area contributed by atoms with Crippen molar-refractivity contribution in [1.82, 2.24) is 9.78 Å². The summed E-state index contributed by atoms with van der Waals surface area (Å²) in [6, 6.07) is 0. The Morgan fingerprint density at radius 2 is 2.09 bits per heavy atom. The lowest BCUT2D eigenvalue weighted by atomic mass is 10.1. The fraction of sp³-hybridized carbons (Fsp3) is 0.231. The molecule has 0 aliphatic heterocycles. The van der Waals surface area contributed by atoms with Crippen molar-refractivity contribution in [2.45, 2.75) is 6.92 Å². The molecule has 0 bridgehead atoms. The Hall–Kier alpha value is -2.68. The van der Waals surface area contributed by atoms with Gasteiger partial charge in [0.15, 0.2) is 0 Å². The van der Waals surface area contributed by atoms with Gasteiger partial charge in [-0.05, 0) is 12.5 Å². The molecule has 0 saturated carbocycles. The van der Waals surface area contributed by atoms with Crippen LogP contribution in [0.1, 0.15) is 36.0 Å². The molecule has 2 rings (SSSR count). The molecule has 2 aromatic rings. The zero-order chi connectivity index (χ0) is 16.4. The fourth-order valence-corrected chi connectivity index (χ4v) is 2.94. The SMILES string of the molecule is COC(=O)c1c(NC(=O)c2cnn(C)c2)sc(C(N)=O)c1C. The number of nitrogens with zero attached hydrogens (tertiary/aromatic N) is 2. The summed E-state index contributed by atoms with van der Waals surface area (Å²) in [5.41, 5.74) is 6.11. The Labute approximate surface area is 129 Å². The van der Waals surface area contributed by atoms with Crippen molar-refractivity contribution in [2.75, 3.05) is 12.4 Å². The predicted octanol–water partition coefficient (Wildman–Crippen LogP) is 0.928. The van der Waals surface area contributed by atoms with E-state index in [2.05, 4.69) is 10.4 Å². The number of thiophene rings is 1. The number of anilines is 1. The maximum atomic E-state index is 12.2. The lowest BCUT2D eigenvalue weighted by molar-refractivity contribution is 0.0601. The van der Waals surface area contributed by atoms with Crippen LogP contribution in [0.2, 0.25) is 0 Å². The number of methoxy groups -OCH3 is 1. The van der Waals surface area contributed by atoms with E-state index in [1.54, 1.807) is 14.0 Å². The smallest absolute Gasteiger partial charge is 0.341 e. The van der Waals surface area contributed by atoms with Gasteiger partial charge in [0.25, 0.3) is 11.8 Å². The molecule has 0 radical (unpaired) electrons. The van der Waals surface area contributed by atoms with Crippen LogP contribution in [-0.4, -0.2) is 34.7 Å². The van der Waals surface area contributed by atoms with Crippen LogP contribution < -0.4 is 11.1 Å². The summed E-state index contributed by atoms with van der Waals surface area (Å²) in [4.78, 5) is 35.6.